The highest BCUT2D eigenvalue weighted by atomic mass is 19.1. The molecular weight excluding hydrogens is 336 g/mol. The van der Waals surface area contributed by atoms with Gasteiger partial charge in [-0.2, -0.15) is 0 Å². The van der Waals surface area contributed by atoms with Crippen LogP contribution in [-0.4, -0.2) is 29.3 Å². The van der Waals surface area contributed by atoms with E-state index in [1.807, 2.05) is 31.9 Å². The van der Waals surface area contributed by atoms with E-state index in [0.29, 0.717) is 17.5 Å². The van der Waals surface area contributed by atoms with Gasteiger partial charge in [0.25, 0.3) is 0 Å². The molecule has 6 heteroatoms. The van der Waals surface area contributed by atoms with Gasteiger partial charge in [-0.15, -0.1) is 0 Å². The number of ether oxygens (including phenoxy) is 1. The van der Waals surface area contributed by atoms with Gasteiger partial charge in [0.15, 0.2) is 0 Å². The van der Waals surface area contributed by atoms with Crippen LogP contribution in [0.4, 0.5) is 14.5 Å². The Bertz CT molecular complexity index is 786. The maximum atomic E-state index is 13.4. The Morgan fingerprint density at radius 2 is 1.69 bits per heavy atom. The van der Waals surface area contributed by atoms with E-state index in [0.717, 1.165) is 23.0 Å². The van der Waals surface area contributed by atoms with Crippen LogP contribution in [-0.2, 0) is 0 Å². The van der Waals surface area contributed by atoms with Gasteiger partial charge >= 0.3 is 0 Å². The Hall–Kier alpha value is -2.50. The molecule has 2 aromatic rings. The summed E-state index contributed by atoms with van der Waals surface area (Å²) in [5, 5.41) is 0. The second-order valence-corrected chi connectivity index (χ2v) is 6.68. The van der Waals surface area contributed by atoms with Crippen LogP contribution in [0, 0.1) is 25.5 Å². The molecule has 1 heterocycles. The van der Waals surface area contributed by atoms with Crippen LogP contribution >= 0.6 is 0 Å². The van der Waals surface area contributed by atoms with E-state index < -0.39 is 17.7 Å². The zero-order chi connectivity index (χ0) is 19.4. The van der Waals surface area contributed by atoms with Crippen molar-refractivity contribution in [2.75, 3.05) is 7.05 Å². The number of pyridine rings is 1. The second kappa shape index (κ2) is 8.25. The van der Waals surface area contributed by atoms with E-state index in [2.05, 4.69) is 23.8 Å². The zero-order valence-corrected chi connectivity index (χ0v) is 16.0. The molecule has 0 bridgehead atoms. The Kier molecular flexibility index (Phi) is 6.29. The van der Waals surface area contributed by atoms with Crippen molar-refractivity contribution in [3.63, 3.8) is 0 Å². The van der Waals surface area contributed by atoms with Crippen LogP contribution in [0.25, 0.3) is 0 Å². The fourth-order valence-electron chi connectivity index (χ4n) is 2.25. The maximum absolute atomic E-state index is 13.4. The first-order valence-corrected chi connectivity index (χ1v) is 8.54. The molecule has 0 saturated heterocycles. The van der Waals surface area contributed by atoms with Gasteiger partial charge in [-0.3, -0.25) is 0 Å². The van der Waals surface area contributed by atoms with E-state index in [1.54, 1.807) is 13.3 Å². The average molecular weight is 361 g/mol. The van der Waals surface area contributed by atoms with Crippen molar-refractivity contribution in [1.29, 1.82) is 0 Å². The third kappa shape index (κ3) is 5.00. The first-order valence-electron chi connectivity index (χ1n) is 8.54. The smallest absolute Gasteiger partial charge is 0.217 e. The summed E-state index contributed by atoms with van der Waals surface area (Å²) in [6, 6.07) is 5.60. The van der Waals surface area contributed by atoms with Crippen LogP contribution in [0.5, 0.6) is 5.88 Å². The molecule has 1 atom stereocenters. The van der Waals surface area contributed by atoms with Crippen molar-refractivity contribution in [2.45, 2.75) is 46.8 Å². The largest absolute Gasteiger partial charge is 0.470 e. The van der Waals surface area contributed by atoms with E-state index in [4.69, 9.17) is 4.74 Å². The highest BCUT2D eigenvalue weighted by Gasteiger charge is 2.14. The molecular formula is C20H25F2N3O. The van der Waals surface area contributed by atoms with E-state index in [1.165, 1.54) is 12.1 Å². The Morgan fingerprint density at radius 3 is 2.27 bits per heavy atom. The van der Waals surface area contributed by atoms with Gasteiger partial charge in [-0.05, 0) is 58.4 Å². The maximum Gasteiger partial charge on any atom is 0.217 e. The van der Waals surface area contributed by atoms with Gasteiger partial charge in [0.2, 0.25) is 5.88 Å². The third-order valence-electron chi connectivity index (χ3n) is 4.17. The van der Waals surface area contributed by atoms with Gasteiger partial charge < -0.3 is 9.64 Å². The molecule has 140 valence electrons. The molecule has 0 spiro atoms. The molecule has 0 aliphatic heterocycles. The molecule has 1 unspecified atom stereocenters. The lowest BCUT2D eigenvalue weighted by molar-refractivity contribution is 0.214. The highest BCUT2D eigenvalue weighted by molar-refractivity contribution is 5.63. The lowest BCUT2D eigenvalue weighted by Crippen LogP contribution is -2.24. The lowest BCUT2D eigenvalue weighted by Gasteiger charge is -2.18. The van der Waals surface area contributed by atoms with Crippen LogP contribution in [0.3, 0.4) is 0 Å². The summed E-state index contributed by atoms with van der Waals surface area (Å²) in [4.78, 5) is 10.9. The molecule has 0 radical (unpaired) electrons. The van der Waals surface area contributed by atoms with Gasteiger partial charge in [0.05, 0.1) is 17.7 Å². The summed E-state index contributed by atoms with van der Waals surface area (Å²) >= 11 is 0. The number of halogens is 2. The average Bonchev–Trinajstić information content (AvgIpc) is 2.55. The number of hydrogen-bond acceptors (Lipinski definition) is 3. The number of benzene rings is 1. The predicted octanol–water partition coefficient (Wildman–Crippen LogP) is 5.12. The first-order chi connectivity index (χ1) is 12.2. The monoisotopic (exact) mass is 361 g/mol. The molecule has 4 nitrogen and oxygen atoms in total. The molecule has 1 aromatic carbocycles. The number of aromatic nitrogens is 1. The fourth-order valence-corrected chi connectivity index (χ4v) is 2.25. The van der Waals surface area contributed by atoms with E-state index in [9.17, 15) is 8.78 Å². The molecule has 0 fully saturated rings. The molecule has 0 saturated carbocycles. The SMILES string of the molecule is Cc1cc(/N=C/N(C)C(C)C)c(C)nc1OC(C)c1cc(F)cc(F)c1. The topological polar surface area (TPSA) is 37.7 Å². The molecule has 0 aliphatic rings. The van der Waals surface area contributed by atoms with Crippen LogP contribution < -0.4 is 4.74 Å². The van der Waals surface area contributed by atoms with Gasteiger partial charge in [0.1, 0.15) is 17.7 Å². The normalized spacial score (nSPS) is 12.7. The fraction of sp³-hybridized carbons (Fsp3) is 0.400. The molecule has 0 aliphatic carbocycles. The summed E-state index contributed by atoms with van der Waals surface area (Å²) in [6.45, 7) is 9.60. The van der Waals surface area contributed by atoms with Crippen molar-refractivity contribution in [2.24, 2.45) is 4.99 Å². The molecule has 2 rings (SSSR count). The van der Waals surface area contributed by atoms with Gasteiger partial charge in [-0.25, -0.2) is 18.8 Å². The number of rotatable bonds is 6. The van der Waals surface area contributed by atoms with Crippen molar-refractivity contribution >= 4 is 12.0 Å². The lowest BCUT2D eigenvalue weighted by atomic mass is 10.1. The zero-order valence-electron chi connectivity index (χ0n) is 16.0. The number of nitrogens with zero attached hydrogens (tertiary/aromatic N) is 3. The number of hydrogen-bond donors (Lipinski definition) is 0. The van der Waals surface area contributed by atoms with Crippen LogP contribution in [0.2, 0.25) is 0 Å². The molecule has 0 amide bonds. The predicted molar refractivity (Wildman–Crippen MR) is 100 cm³/mol. The van der Waals surface area contributed by atoms with Gasteiger partial charge in [0, 0.05) is 24.7 Å². The van der Waals surface area contributed by atoms with Crippen molar-refractivity contribution in [3.05, 3.63) is 52.7 Å². The highest BCUT2D eigenvalue weighted by Crippen LogP contribution is 2.28. The summed E-state index contributed by atoms with van der Waals surface area (Å²) in [7, 11) is 1.96. The minimum absolute atomic E-state index is 0.350. The standard InChI is InChI=1S/C20H25F2N3O/c1-12(2)25(6)11-23-19-7-13(3)20(24-14(19)4)26-15(5)16-8-17(21)10-18(22)9-16/h7-12,15H,1-6H3/b23-11+. The van der Waals surface area contributed by atoms with Gasteiger partial charge in [-0.1, -0.05) is 0 Å². The minimum atomic E-state index is -0.629. The Labute approximate surface area is 153 Å². The summed E-state index contributed by atoms with van der Waals surface area (Å²) in [5.74, 6) is -0.832. The molecule has 1 aromatic heterocycles. The van der Waals surface area contributed by atoms with Crippen molar-refractivity contribution in [3.8, 4) is 5.88 Å². The minimum Gasteiger partial charge on any atom is -0.470 e. The number of aliphatic imine (C=N–C) groups is 1. The van der Waals surface area contributed by atoms with Crippen LogP contribution in [0.15, 0.2) is 29.3 Å². The quantitative estimate of drug-likeness (QED) is 0.530. The number of aryl methyl sites for hydroxylation is 2. The first kappa shape index (κ1) is 19.8. The summed E-state index contributed by atoms with van der Waals surface area (Å²) in [5.41, 5.74) is 2.70. The summed E-state index contributed by atoms with van der Waals surface area (Å²) < 4.78 is 32.6. The van der Waals surface area contributed by atoms with Crippen LogP contribution in [0.1, 0.15) is 43.7 Å². The van der Waals surface area contributed by atoms with Crippen molar-refractivity contribution in [1.82, 2.24) is 9.88 Å². The summed E-state index contributed by atoms with van der Waals surface area (Å²) in [6.07, 6.45) is 1.24. The third-order valence-corrected chi connectivity index (χ3v) is 4.17. The van der Waals surface area contributed by atoms with E-state index >= 15 is 0 Å². The molecule has 0 N–H and O–H groups in total. The Morgan fingerprint density at radius 1 is 1.08 bits per heavy atom. The second-order valence-electron chi connectivity index (χ2n) is 6.68. The Balaban J connectivity index is 2.21. The molecule has 26 heavy (non-hydrogen) atoms. The van der Waals surface area contributed by atoms with E-state index in [-0.39, 0.29) is 0 Å². The van der Waals surface area contributed by atoms with Crippen molar-refractivity contribution < 1.29 is 13.5 Å².